The number of hydrogen-bond donors (Lipinski definition) is 5. The number of likely N-dealkylation sites (tertiary alicyclic amines) is 1. The summed E-state index contributed by atoms with van der Waals surface area (Å²) >= 11 is 1.58. The van der Waals surface area contributed by atoms with Crippen LogP contribution in [0.25, 0.3) is 0 Å². The predicted molar refractivity (Wildman–Crippen MR) is 140 cm³/mol. The molecule has 1 heterocycles. The highest BCUT2D eigenvalue weighted by molar-refractivity contribution is 7.98. The Balaban J connectivity index is 2.15. The quantitative estimate of drug-likeness (QED) is 0.208. The molecule has 36 heavy (non-hydrogen) atoms. The fraction of sp³-hybridized carbons (Fsp3) is 0.600. The van der Waals surface area contributed by atoms with Gasteiger partial charge in [0.25, 0.3) is 0 Å². The van der Waals surface area contributed by atoms with Gasteiger partial charge in [0.1, 0.15) is 18.1 Å². The van der Waals surface area contributed by atoms with E-state index < -0.39 is 42.0 Å². The summed E-state index contributed by atoms with van der Waals surface area (Å²) in [7, 11) is 0. The monoisotopic (exact) mass is 521 g/mol. The molecule has 3 amide bonds. The molecule has 4 atom stereocenters. The second-order valence-electron chi connectivity index (χ2n) is 9.01. The van der Waals surface area contributed by atoms with Gasteiger partial charge in [0.15, 0.2) is 0 Å². The summed E-state index contributed by atoms with van der Waals surface area (Å²) in [6, 6.07) is 5.83. The maximum atomic E-state index is 13.6. The molecule has 0 saturated carbocycles. The van der Waals surface area contributed by atoms with Crippen molar-refractivity contribution in [3.63, 3.8) is 0 Å². The van der Waals surface area contributed by atoms with Crippen LogP contribution in [0.5, 0.6) is 0 Å². The van der Waals surface area contributed by atoms with Crippen molar-refractivity contribution in [1.29, 1.82) is 0 Å². The molecule has 0 aromatic heterocycles. The molecule has 200 valence electrons. The summed E-state index contributed by atoms with van der Waals surface area (Å²) in [4.78, 5) is 52.5. The fourth-order valence-corrected chi connectivity index (χ4v) is 4.72. The first-order valence-electron chi connectivity index (χ1n) is 12.4. The van der Waals surface area contributed by atoms with Crippen molar-refractivity contribution in [3.8, 4) is 0 Å². The summed E-state index contributed by atoms with van der Waals surface area (Å²) in [6.45, 7) is 0.794. The number of hydrogen-bond acceptors (Lipinski definition) is 7. The number of unbranched alkanes of at least 4 members (excludes halogenated alkanes) is 1. The normalized spacial score (nSPS) is 17.8. The number of carbonyl (C=O) groups is 4. The van der Waals surface area contributed by atoms with E-state index >= 15 is 0 Å². The van der Waals surface area contributed by atoms with Gasteiger partial charge in [-0.2, -0.15) is 11.8 Å². The molecule has 1 aromatic carbocycles. The molecule has 0 spiro atoms. The Morgan fingerprint density at radius 2 is 1.83 bits per heavy atom. The summed E-state index contributed by atoms with van der Waals surface area (Å²) in [5.41, 5.74) is 12.4. The van der Waals surface area contributed by atoms with Crippen molar-refractivity contribution in [2.75, 3.05) is 25.1 Å². The number of nitrogens with one attached hydrogen (secondary N) is 2. The number of benzene rings is 1. The van der Waals surface area contributed by atoms with Gasteiger partial charge >= 0.3 is 5.97 Å². The number of nitrogens with two attached hydrogens (primary N) is 2. The van der Waals surface area contributed by atoms with E-state index in [1.165, 1.54) is 4.90 Å². The van der Waals surface area contributed by atoms with E-state index in [-0.39, 0.29) is 18.7 Å². The zero-order valence-corrected chi connectivity index (χ0v) is 21.7. The number of amides is 3. The number of thioether (sulfide) groups is 1. The molecule has 1 aliphatic rings. The molecule has 1 aliphatic heterocycles. The maximum Gasteiger partial charge on any atom is 0.326 e. The average molecular weight is 522 g/mol. The molecule has 1 saturated heterocycles. The third-order valence-corrected chi connectivity index (χ3v) is 6.91. The van der Waals surface area contributed by atoms with Crippen LogP contribution in [0.4, 0.5) is 0 Å². The molecule has 1 fully saturated rings. The van der Waals surface area contributed by atoms with Crippen LogP contribution in [-0.2, 0) is 25.6 Å². The highest BCUT2D eigenvalue weighted by Gasteiger charge is 2.39. The third kappa shape index (κ3) is 9.11. The number of carbonyl (C=O) groups excluding carboxylic acids is 3. The number of aliphatic carboxylic acids is 1. The molecule has 4 unspecified atom stereocenters. The van der Waals surface area contributed by atoms with Crippen LogP contribution in [-0.4, -0.2) is 83.0 Å². The lowest BCUT2D eigenvalue weighted by atomic mass is 10.0. The van der Waals surface area contributed by atoms with Gasteiger partial charge in [-0.1, -0.05) is 30.3 Å². The Labute approximate surface area is 216 Å². The second-order valence-corrected chi connectivity index (χ2v) is 10.00. The Hall–Kier alpha value is -2.63. The van der Waals surface area contributed by atoms with E-state index in [4.69, 9.17) is 11.5 Å². The zero-order valence-electron chi connectivity index (χ0n) is 20.9. The molecule has 11 heteroatoms. The minimum absolute atomic E-state index is 0.252. The fourth-order valence-electron chi connectivity index (χ4n) is 4.23. The lowest BCUT2D eigenvalue weighted by molar-refractivity contribution is -0.145. The minimum Gasteiger partial charge on any atom is -0.480 e. The van der Waals surface area contributed by atoms with E-state index in [9.17, 15) is 24.3 Å². The van der Waals surface area contributed by atoms with E-state index in [0.29, 0.717) is 45.2 Å². The smallest absolute Gasteiger partial charge is 0.326 e. The highest BCUT2D eigenvalue weighted by atomic mass is 32.2. The van der Waals surface area contributed by atoms with E-state index in [0.717, 1.165) is 11.3 Å². The Morgan fingerprint density at radius 3 is 2.47 bits per heavy atom. The van der Waals surface area contributed by atoms with Crippen molar-refractivity contribution in [2.24, 2.45) is 11.5 Å². The van der Waals surface area contributed by atoms with Gasteiger partial charge < -0.3 is 32.1 Å². The van der Waals surface area contributed by atoms with Crippen LogP contribution < -0.4 is 22.1 Å². The summed E-state index contributed by atoms with van der Waals surface area (Å²) < 4.78 is 0. The van der Waals surface area contributed by atoms with Gasteiger partial charge in [-0.3, -0.25) is 14.4 Å². The third-order valence-electron chi connectivity index (χ3n) is 6.27. The molecule has 0 radical (unpaired) electrons. The van der Waals surface area contributed by atoms with Crippen LogP contribution in [0.1, 0.15) is 44.1 Å². The summed E-state index contributed by atoms with van der Waals surface area (Å²) in [5, 5.41) is 14.9. The van der Waals surface area contributed by atoms with Crippen molar-refractivity contribution in [1.82, 2.24) is 15.5 Å². The van der Waals surface area contributed by atoms with Crippen molar-refractivity contribution >= 4 is 35.5 Å². The summed E-state index contributed by atoms with van der Waals surface area (Å²) in [5.74, 6) is -1.69. The highest BCUT2D eigenvalue weighted by Crippen LogP contribution is 2.20. The molecule has 10 nitrogen and oxygen atoms in total. The number of nitrogens with zero attached hydrogens (tertiary/aromatic N) is 1. The SMILES string of the molecule is CSCCC(N)C(=O)NC(Cc1ccccc1)C(=O)N1CCCC1C(=O)NC(CCCCN)C(=O)O. The largest absolute Gasteiger partial charge is 0.480 e. The minimum atomic E-state index is -1.12. The van der Waals surface area contributed by atoms with E-state index in [1.807, 2.05) is 36.6 Å². The first kappa shape index (κ1) is 29.6. The standard InChI is InChI=1S/C25H39N5O5S/c1-36-15-12-18(27)22(31)29-20(16-17-8-3-2-4-9-17)24(33)30-14-7-11-21(30)23(32)28-19(25(34)35)10-5-6-13-26/h2-4,8-9,18-21H,5-7,10-16,26-27H2,1H3,(H,28,32)(H,29,31)(H,34,35). The Kier molecular flexibility index (Phi) is 12.7. The van der Waals surface area contributed by atoms with Crippen LogP contribution in [0.15, 0.2) is 30.3 Å². The topological polar surface area (TPSA) is 168 Å². The van der Waals surface area contributed by atoms with Crippen molar-refractivity contribution in [2.45, 2.75) is 69.1 Å². The van der Waals surface area contributed by atoms with Gasteiger partial charge in [-0.15, -0.1) is 0 Å². The lowest BCUT2D eigenvalue weighted by Crippen LogP contribution is -2.57. The molecule has 0 bridgehead atoms. The van der Waals surface area contributed by atoms with Crippen LogP contribution >= 0.6 is 11.8 Å². The van der Waals surface area contributed by atoms with Gasteiger partial charge in [0.2, 0.25) is 17.7 Å². The first-order chi connectivity index (χ1) is 17.3. The Morgan fingerprint density at radius 1 is 1.11 bits per heavy atom. The van der Waals surface area contributed by atoms with Crippen LogP contribution in [0.3, 0.4) is 0 Å². The summed E-state index contributed by atoms with van der Waals surface area (Å²) in [6.07, 6.45) is 5.19. The molecule has 2 rings (SSSR count). The molecule has 7 N–H and O–H groups in total. The van der Waals surface area contributed by atoms with E-state index in [2.05, 4.69) is 10.6 Å². The number of rotatable bonds is 15. The maximum absolute atomic E-state index is 13.6. The molecule has 1 aromatic rings. The molecular weight excluding hydrogens is 482 g/mol. The predicted octanol–water partition coefficient (Wildman–Crippen LogP) is 0.484. The van der Waals surface area contributed by atoms with E-state index in [1.54, 1.807) is 11.8 Å². The van der Waals surface area contributed by atoms with Gasteiger partial charge in [-0.25, -0.2) is 4.79 Å². The van der Waals surface area contributed by atoms with Crippen molar-refractivity contribution in [3.05, 3.63) is 35.9 Å². The number of carboxylic acid groups (broad SMARTS) is 1. The molecule has 0 aliphatic carbocycles. The van der Waals surface area contributed by atoms with Crippen LogP contribution in [0.2, 0.25) is 0 Å². The van der Waals surface area contributed by atoms with Crippen LogP contribution in [0, 0.1) is 0 Å². The second kappa shape index (κ2) is 15.5. The molecular formula is C25H39N5O5S. The lowest BCUT2D eigenvalue weighted by Gasteiger charge is -2.30. The number of carboxylic acids is 1. The zero-order chi connectivity index (χ0) is 26.5. The van der Waals surface area contributed by atoms with Gasteiger partial charge in [0, 0.05) is 13.0 Å². The van der Waals surface area contributed by atoms with Crippen molar-refractivity contribution < 1.29 is 24.3 Å². The van der Waals surface area contributed by atoms with Gasteiger partial charge in [0.05, 0.1) is 6.04 Å². The Bertz CT molecular complexity index is 872. The first-order valence-corrected chi connectivity index (χ1v) is 13.8. The average Bonchev–Trinajstić information content (AvgIpc) is 3.36. The van der Waals surface area contributed by atoms with Gasteiger partial charge in [-0.05, 0) is 62.6 Å².